The van der Waals surface area contributed by atoms with E-state index in [1.807, 2.05) is 18.2 Å². The van der Waals surface area contributed by atoms with Crippen molar-refractivity contribution in [3.05, 3.63) is 52.1 Å². The smallest absolute Gasteiger partial charge is 0.280 e. The zero-order valence-electron chi connectivity index (χ0n) is 14.5. The number of fused-ring (bicyclic) bond motifs is 1. The quantitative estimate of drug-likeness (QED) is 0.342. The van der Waals surface area contributed by atoms with Crippen LogP contribution in [-0.2, 0) is 4.74 Å². The molecule has 0 bridgehead atoms. The second-order valence-corrected chi connectivity index (χ2v) is 6.27. The Morgan fingerprint density at radius 1 is 1.18 bits per heavy atom. The van der Waals surface area contributed by atoms with Gasteiger partial charge in [0.2, 0.25) is 5.95 Å². The van der Waals surface area contributed by atoms with Crippen molar-refractivity contribution in [3.8, 4) is 11.8 Å². The molecule has 3 heterocycles. The maximum absolute atomic E-state index is 12.2. The monoisotopic (exact) mass is 383 g/mol. The van der Waals surface area contributed by atoms with E-state index < -0.39 is 36.7 Å². The minimum Gasteiger partial charge on any atom is -0.394 e. The molecular formula is C18H17N5O5. The van der Waals surface area contributed by atoms with Crippen molar-refractivity contribution in [1.29, 1.82) is 0 Å². The maximum Gasteiger partial charge on any atom is 0.280 e. The highest BCUT2D eigenvalue weighted by Crippen LogP contribution is 2.32. The zero-order valence-corrected chi connectivity index (χ0v) is 14.5. The van der Waals surface area contributed by atoms with Crippen LogP contribution < -0.4 is 11.3 Å². The van der Waals surface area contributed by atoms with Gasteiger partial charge in [0.25, 0.3) is 5.56 Å². The molecule has 1 saturated heterocycles. The van der Waals surface area contributed by atoms with Crippen LogP contribution in [0, 0.1) is 11.8 Å². The van der Waals surface area contributed by atoms with Gasteiger partial charge in [-0.25, -0.2) is 4.98 Å². The number of aromatic nitrogens is 4. The van der Waals surface area contributed by atoms with E-state index >= 15 is 0 Å². The predicted molar refractivity (Wildman–Crippen MR) is 98.0 cm³/mol. The highest BCUT2D eigenvalue weighted by Gasteiger charge is 2.45. The summed E-state index contributed by atoms with van der Waals surface area (Å²) in [6.07, 6.45) is -4.89. The number of nitrogens with zero attached hydrogens (tertiary/aromatic N) is 3. The SMILES string of the molecule is Nc1nc2c(nc(C#Cc3ccccc3)n2C2OC(CO)C(O)C2O)c(=O)[nH]1. The third-order valence-electron chi connectivity index (χ3n) is 4.43. The number of nitrogens with two attached hydrogens (primary N) is 1. The van der Waals surface area contributed by atoms with Crippen LogP contribution in [0.5, 0.6) is 0 Å². The Balaban J connectivity index is 1.90. The van der Waals surface area contributed by atoms with Gasteiger partial charge in [-0.05, 0) is 18.1 Å². The lowest BCUT2D eigenvalue weighted by Gasteiger charge is -2.17. The summed E-state index contributed by atoms with van der Waals surface area (Å²) in [6, 6.07) is 9.11. The standard InChI is InChI=1S/C18H17N5O5/c19-18-21-15-12(16(27)22-18)20-11(7-6-9-4-2-1-3-5-9)23(15)17-14(26)13(25)10(8-24)28-17/h1-5,10,13-14,17,24-26H,8H2,(H3,19,21,22,27). The Morgan fingerprint density at radius 3 is 2.61 bits per heavy atom. The van der Waals surface area contributed by atoms with Gasteiger partial charge >= 0.3 is 0 Å². The summed E-state index contributed by atoms with van der Waals surface area (Å²) in [4.78, 5) is 22.9. The topological polar surface area (TPSA) is 160 Å². The molecule has 10 nitrogen and oxygen atoms in total. The molecule has 144 valence electrons. The Labute approximate surface area is 158 Å². The van der Waals surface area contributed by atoms with Gasteiger partial charge in [0.15, 0.2) is 23.2 Å². The lowest BCUT2D eigenvalue weighted by Crippen LogP contribution is -2.33. The summed E-state index contributed by atoms with van der Waals surface area (Å²) in [6.45, 7) is -0.497. The van der Waals surface area contributed by atoms with Gasteiger partial charge in [-0.3, -0.25) is 14.3 Å². The number of aliphatic hydroxyl groups is 3. The molecule has 0 radical (unpaired) electrons. The number of H-pyrrole nitrogens is 1. The molecule has 1 aliphatic heterocycles. The second kappa shape index (κ2) is 7.06. The Hall–Kier alpha value is -3.23. The molecule has 0 saturated carbocycles. The highest BCUT2D eigenvalue weighted by molar-refractivity contribution is 5.73. The molecule has 1 fully saturated rings. The number of aliphatic hydroxyl groups excluding tert-OH is 3. The van der Waals surface area contributed by atoms with Gasteiger partial charge in [-0.1, -0.05) is 24.1 Å². The number of rotatable bonds is 2. The van der Waals surface area contributed by atoms with Gasteiger partial charge in [0, 0.05) is 5.56 Å². The zero-order chi connectivity index (χ0) is 19.8. The van der Waals surface area contributed by atoms with Crippen molar-refractivity contribution in [2.45, 2.75) is 24.5 Å². The molecule has 0 spiro atoms. The van der Waals surface area contributed by atoms with Crippen LogP contribution in [-0.4, -0.2) is 59.8 Å². The Bertz CT molecular complexity index is 1130. The van der Waals surface area contributed by atoms with Crippen LogP contribution in [0.1, 0.15) is 17.6 Å². The second-order valence-electron chi connectivity index (χ2n) is 6.27. The van der Waals surface area contributed by atoms with Gasteiger partial charge < -0.3 is 25.8 Å². The van der Waals surface area contributed by atoms with E-state index in [-0.39, 0.29) is 22.9 Å². The Morgan fingerprint density at radius 2 is 1.93 bits per heavy atom. The molecule has 1 aromatic carbocycles. The first kappa shape index (κ1) is 18.1. The lowest BCUT2D eigenvalue weighted by atomic mass is 10.1. The van der Waals surface area contributed by atoms with Crippen molar-refractivity contribution in [2.75, 3.05) is 12.3 Å². The van der Waals surface area contributed by atoms with Crippen LogP contribution in [0.4, 0.5) is 5.95 Å². The minimum absolute atomic E-state index is 0.0377. The number of anilines is 1. The lowest BCUT2D eigenvalue weighted by molar-refractivity contribution is -0.0514. The average molecular weight is 383 g/mol. The predicted octanol–water partition coefficient (Wildman–Crippen LogP) is -1.29. The van der Waals surface area contributed by atoms with Crippen molar-refractivity contribution in [3.63, 3.8) is 0 Å². The molecule has 28 heavy (non-hydrogen) atoms. The van der Waals surface area contributed by atoms with Crippen LogP contribution in [0.15, 0.2) is 35.1 Å². The maximum atomic E-state index is 12.2. The number of benzene rings is 1. The first-order valence-corrected chi connectivity index (χ1v) is 8.47. The fourth-order valence-electron chi connectivity index (χ4n) is 3.07. The molecule has 4 unspecified atom stereocenters. The number of ether oxygens (including phenoxy) is 1. The molecule has 10 heteroatoms. The normalized spacial score (nSPS) is 24.2. The number of hydrogen-bond acceptors (Lipinski definition) is 8. The van der Waals surface area contributed by atoms with Gasteiger partial charge in [-0.2, -0.15) is 4.98 Å². The molecule has 3 aromatic rings. The van der Waals surface area contributed by atoms with Gasteiger partial charge in [-0.15, -0.1) is 0 Å². The minimum atomic E-state index is -1.39. The first-order chi connectivity index (χ1) is 13.5. The third-order valence-corrected chi connectivity index (χ3v) is 4.43. The fourth-order valence-corrected chi connectivity index (χ4v) is 3.07. The van der Waals surface area contributed by atoms with Crippen LogP contribution in [0.25, 0.3) is 11.2 Å². The van der Waals surface area contributed by atoms with E-state index in [2.05, 4.69) is 26.8 Å². The summed E-state index contributed by atoms with van der Waals surface area (Å²) >= 11 is 0. The molecular weight excluding hydrogens is 366 g/mol. The van der Waals surface area contributed by atoms with E-state index in [9.17, 15) is 20.1 Å². The number of nitrogens with one attached hydrogen (secondary N) is 1. The number of aromatic amines is 1. The number of nitrogen functional groups attached to an aromatic ring is 1. The largest absolute Gasteiger partial charge is 0.394 e. The summed E-state index contributed by atoms with van der Waals surface area (Å²) in [5.41, 5.74) is 5.80. The number of imidazole rings is 1. The van der Waals surface area contributed by atoms with Crippen LogP contribution in [0.3, 0.4) is 0 Å². The molecule has 4 rings (SSSR count). The van der Waals surface area contributed by atoms with Crippen LogP contribution >= 0.6 is 0 Å². The Kier molecular flexibility index (Phi) is 4.58. The number of hydrogen-bond donors (Lipinski definition) is 5. The van der Waals surface area contributed by atoms with Crippen molar-refractivity contribution >= 4 is 17.1 Å². The van der Waals surface area contributed by atoms with Crippen molar-refractivity contribution in [1.82, 2.24) is 19.5 Å². The third kappa shape index (κ3) is 3.02. The molecule has 4 atom stereocenters. The van der Waals surface area contributed by atoms with Gasteiger partial charge in [0.05, 0.1) is 6.61 Å². The first-order valence-electron chi connectivity index (χ1n) is 8.47. The summed E-state index contributed by atoms with van der Waals surface area (Å²) in [5, 5.41) is 29.9. The molecule has 0 aliphatic carbocycles. The molecule has 0 amide bonds. The average Bonchev–Trinajstić information content (AvgIpc) is 3.18. The van der Waals surface area contributed by atoms with Crippen molar-refractivity contribution in [2.24, 2.45) is 0 Å². The van der Waals surface area contributed by atoms with E-state index in [0.29, 0.717) is 5.56 Å². The molecule has 6 N–H and O–H groups in total. The summed E-state index contributed by atoms with van der Waals surface area (Å²) in [5.74, 6) is 5.71. The van der Waals surface area contributed by atoms with E-state index in [1.165, 1.54) is 4.57 Å². The highest BCUT2D eigenvalue weighted by atomic mass is 16.6. The molecule has 1 aliphatic rings. The van der Waals surface area contributed by atoms with E-state index in [0.717, 1.165) is 0 Å². The van der Waals surface area contributed by atoms with E-state index in [1.54, 1.807) is 12.1 Å². The van der Waals surface area contributed by atoms with Crippen molar-refractivity contribution < 1.29 is 20.1 Å². The fraction of sp³-hybridized carbons (Fsp3) is 0.278. The van der Waals surface area contributed by atoms with Crippen LogP contribution in [0.2, 0.25) is 0 Å². The summed E-state index contributed by atoms with van der Waals surface area (Å²) in [7, 11) is 0. The summed E-state index contributed by atoms with van der Waals surface area (Å²) < 4.78 is 6.88. The molecule has 2 aromatic heterocycles. The van der Waals surface area contributed by atoms with E-state index in [4.69, 9.17) is 10.5 Å². The van der Waals surface area contributed by atoms with Gasteiger partial charge in [0.1, 0.15) is 18.3 Å².